The molecule has 0 aliphatic carbocycles. The van der Waals surface area contributed by atoms with Crippen molar-refractivity contribution in [1.82, 2.24) is 4.40 Å². The number of nitro benzene ring substituents is 1. The van der Waals surface area contributed by atoms with Gasteiger partial charge in [-0.1, -0.05) is 13.8 Å². The predicted molar refractivity (Wildman–Crippen MR) is 81.9 cm³/mol. The molecule has 108 valence electrons. The van der Waals surface area contributed by atoms with Gasteiger partial charge in [-0.15, -0.1) is 0 Å². The van der Waals surface area contributed by atoms with Crippen LogP contribution in [0.2, 0.25) is 0 Å². The molecule has 0 bridgehead atoms. The zero-order chi connectivity index (χ0) is 15.2. The SMILES string of the molecule is CC.O=[N+]([O-])c1ccc(Oc2ccc3cccn3c2)cc1. The second-order valence-electron chi connectivity index (χ2n) is 4.06. The molecule has 0 N–H and O–H groups in total. The molecule has 0 spiro atoms. The van der Waals surface area contributed by atoms with Crippen molar-refractivity contribution in [2.24, 2.45) is 0 Å². The van der Waals surface area contributed by atoms with Crippen LogP contribution in [-0.2, 0) is 0 Å². The Kier molecular flexibility index (Phi) is 4.56. The highest BCUT2D eigenvalue weighted by Crippen LogP contribution is 2.24. The van der Waals surface area contributed by atoms with E-state index in [2.05, 4.69) is 0 Å². The molecule has 0 unspecified atom stereocenters. The molecule has 1 aromatic carbocycles. The van der Waals surface area contributed by atoms with Crippen molar-refractivity contribution in [3.8, 4) is 11.5 Å². The van der Waals surface area contributed by atoms with Crippen LogP contribution in [0.15, 0.2) is 60.9 Å². The Balaban J connectivity index is 0.000000774. The largest absolute Gasteiger partial charge is 0.456 e. The van der Waals surface area contributed by atoms with E-state index >= 15 is 0 Å². The van der Waals surface area contributed by atoms with Gasteiger partial charge in [-0.25, -0.2) is 0 Å². The maximum absolute atomic E-state index is 10.5. The zero-order valence-corrected chi connectivity index (χ0v) is 11.9. The topological polar surface area (TPSA) is 56.8 Å². The summed E-state index contributed by atoms with van der Waals surface area (Å²) in [6, 6.07) is 13.8. The van der Waals surface area contributed by atoms with Crippen LogP contribution in [0.3, 0.4) is 0 Å². The molecule has 21 heavy (non-hydrogen) atoms. The first kappa shape index (κ1) is 14.6. The van der Waals surface area contributed by atoms with Crippen molar-refractivity contribution >= 4 is 11.2 Å². The summed E-state index contributed by atoms with van der Waals surface area (Å²) < 4.78 is 7.59. The second-order valence-corrected chi connectivity index (χ2v) is 4.06. The number of non-ortho nitro benzene ring substituents is 1. The highest BCUT2D eigenvalue weighted by atomic mass is 16.6. The fourth-order valence-corrected chi connectivity index (χ4v) is 1.85. The molecule has 0 atom stereocenters. The Morgan fingerprint density at radius 2 is 1.67 bits per heavy atom. The van der Waals surface area contributed by atoms with Gasteiger partial charge in [-0.3, -0.25) is 10.1 Å². The molecule has 2 aromatic heterocycles. The Morgan fingerprint density at radius 1 is 1.00 bits per heavy atom. The molecule has 2 heterocycles. The molecular weight excluding hydrogens is 268 g/mol. The maximum atomic E-state index is 10.5. The lowest BCUT2D eigenvalue weighted by molar-refractivity contribution is -0.384. The van der Waals surface area contributed by atoms with Gasteiger partial charge in [0.15, 0.2) is 0 Å². The number of ether oxygens (including phenoxy) is 1. The number of hydrogen-bond donors (Lipinski definition) is 0. The smallest absolute Gasteiger partial charge is 0.269 e. The zero-order valence-electron chi connectivity index (χ0n) is 11.9. The van der Waals surface area contributed by atoms with E-state index in [1.165, 1.54) is 12.1 Å². The standard InChI is InChI=1S/C14H10N2O3.C2H6/c17-16(18)12-4-6-13(7-5-12)19-14-8-3-11-2-1-9-15(11)10-14;1-2/h1-10H;1-2H3. The van der Waals surface area contributed by atoms with Crippen LogP contribution in [0.5, 0.6) is 11.5 Å². The van der Waals surface area contributed by atoms with Gasteiger partial charge in [0.05, 0.1) is 11.1 Å². The average Bonchev–Trinajstić information content (AvgIpc) is 2.97. The molecule has 5 heteroatoms. The number of nitro groups is 1. The molecule has 0 saturated heterocycles. The number of nitrogens with zero attached hydrogens (tertiary/aromatic N) is 2. The van der Waals surface area contributed by atoms with E-state index in [0.29, 0.717) is 11.5 Å². The van der Waals surface area contributed by atoms with E-state index in [1.807, 2.05) is 54.9 Å². The van der Waals surface area contributed by atoms with E-state index in [1.54, 1.807) is 12.1 Å². The summed E-state index contributed by atoms with van der Waals surface area (Å²) in [6.07, 6.45) is 3.79. The molecule has 0 saturated carbocycles. The van der Waals surface area contributed by atoms with Crippen LogP contribution >= 0.6 is 0 Å². The van der Waals surface area contributed by atoms with Crippen LogP contribution in [0.1, 0.15) is 13.8 Å². The lowest BCUT2D eigenvalue weighted by atomic mass is 10.3. The van der Waals surface area contributed by atoms with Gasteiger partial charge in [-0.2, -0.15) is 0 Å². The van der Waals surface area contributed by atoms with Crippen LogP contribution in [0, 0.1) is 10.1 Å². The van der Waals surface area contributed by atoms with E-state index in [9.17, 15) is 10.1 Å². The fraction of sp³-hybridized carbons (Fsp3) is 0.125. The Bertz CT molecular complexity index is 733. The van der Waals surface area contributed by atoms with Gasteiger partial charge in [0, 0.05) is 23.8 Å². The number of hydrogen-bond acceptors (Lipinski definition) is 3. The first-order valence-electron chi connectivity index (χ1n) is 6.71. The minimum atomic E-state index is -0.435. The van der Waals surface area contributed by atoms with Crippen molar-refractivity contribution in [2.75, 3.05) is 0 Å². The van der Waals surface area contributed by atoms with Crippen molar-refractivity contribution in [3.05, 3.63) is 71.0 Å². The quantitative estimate of drug-likeness (QED) is 0.519. The fourth-order valence-electron chi connectivity index (χ4n) is 1.85. The third-order valence-corrected chi connectivity index (χ3v) is 2.78. The predicted octanol–water partition coefficient (Wildman–Crippen LogP) is 4.67. The van der Waals surface area contributed by atoms with Gasteiger partial charge in [0.1, 0.15) is 11.5 Å². The van der Waals surface area contributed by atoms with Crippen LogP contribution < -0.4 is 4.74 Å². The number of rotatable bonds is 3. The van der Waals surface area contributed by atoms with Crippen molar-refractivity contribution < 1.29 is 9.66 Å². The van der Waals surface area contributed by atoms with E-state index in [-0.39, 0.29) is 5.69 Å². The summed E-state index contributed by atoms with van der Waals surface area (Å²) in [5.41, 5.74) is 1.13. The highest BCUT2D eigenvalue weighted by molar-refractivity contribution is 5.50. The first-order chi connectivity index (χ1) is 10.2. The normalized spacial score (nSPS) is 9.81. The lowest BCUT2D eigenvalue weighted by Gasteiger charge is -2.06. The molecule has 0 aliphatic heterocycles. The average molecular weight is 284 g/mol. The summed E-state index contributed by atoms with van der Waals surface area (Å²) in [5.74, 6) is 1.25. The third kappa shape index (κ3) is 3.39. The highest BCUT2D eigenvalue weighted by Gasteiger charge is 2.05. The second kappa shape index (κ2) is 6.56. The molecule has 3 rings (SSSR count). The van der Waals surface area contributed by atoms with Gasteiger partial charge in [-0.05, 0) is 36.4 Å². The van der Waals surface area contributed by atoms with Gasteiger partial charge >= 0.3 is 0 Å². The Labute approximate surface area is 122 Å². The summed E-state index contributed by atoms with van der Waals surface area (Å²) in [5, 5.41) is 10.5. The molecule has 3 aromatic rings. The van der Waals surface area contributed by atoms with Gasteiger partial charge in [0.2, 0.25) is 0 Å². The first-order valence-corrected chi connectivity index (χ1v) is 6.71. The molecule has 5 nitrogen and oxygen atoms in total. The Morgan fingerprint density at radius 3 is 2.33 bits per heavy atom. The Hall–Kier alpha value is -2.82. The number of fused-ring (bicyclic) bond motifs is 1. The minimum Gasteiger partial charge on any atom is -0.456 e. The minimum absolute atomic E-state index is 0.0493. The number of aromatic nitrogens is 1. The van der Waals surface area contributed by atoms with Crippen LogP contribution in [0.25, 0.3) is 5.52 Å². The monoisotopic (exact) mass is 284 g/mol. The van der Waals surface area contributed by atoms with Crippen molar-refractivity contribution in [3.63, 3.8) is 0 Å². The van der Waals surface area contributed by atoms with Crippen molar-refractivity contribution in [2.45, 2.75) is 13.8 Å². The van der Waals surface area contributed by atoms with E-state index in [0.717, 1.165) is 5.52 Å². The van der Waals surface area contributed by atoms with Crippen LogP contribution in [-0.4, -0.2) is 9.32 Å². The summed E-state index contributed by atoms with van der Waals surface area (Å²) in [6.45, 7) is 4.00. The summed E-state index contributed by atoms with van der Waals surface area (Å²) >= 11 is 0. The lowest BCUT2D eigenvalue weighted by Crippen LogP contribution is -1.89. The molecule has 0 aliphatic rings. The third-order valence-electron chi connectivity index (χ3n) is 2.78. The number of benzene rings is 1. The molecule has 0 fully saturated rings. The van der Waals surface area contributed by atoms with Gasteiger partial charge < -0.3 is 9.14 Å². The maximum Gasteiger partial charge on any atom is 0.269 e. The van der Waals surface area contributed by atoms with Crippen molar-refractivity contribution in [1.29, 1.82) is 0 Å². The molecule has 0 amide bonds. The molecular formula is C16H16N2O3. The summed E-state index contributed by atoms with van der Waals surface area (Å²) in [7, 11) is 0. The summed E-state index contributed by atoms with van der Waals surface area (Å²) in [4.78, 5) is 10.1. The van der Waals surface area contributed by atoms with E-state index < -0.39 is 4.92 Å². The molecule has 0 radical (unpaired) electrons. The number of pyridine rings is 1. The van der Waals surface area contributed by atoms with Crippen LogP contribution in [0.4, 0.5) is 5.69 Å². The van der Waals surface area contributed by atoms with Gasteiger partial charge in [0.25, 0.3) is 5.69 Å². The van der Waals surface area contributed by atoms with E-state index in [4.69, 9.17) is 4.74 Å².